The minimum absolute atomic E-state index is 0.287. The van der Waals surface area contributed by atoms with Crippen molar-refractivity contribution in [2.24, 2.45) is 5.92 Å². The SMILES string of the molecule is [CH2]CCC(Oc1ccccc1)C(C)C. The average molecular weight is 191 g/mol. The van der Waals surface area contributed by atoms with E-state index in [0.29, 0.717) is 5.92 Å². The van der Waals surface area contributed by atoms with E-state index in [-0.39, 0.29) is 6.10 Å². The highest BCUT2D eigenvalue weighted by Gasteiger charge is 2.13. The van der Waals surface area contributed by atoms with Crippen LogP contribution in [-0.2, 0) is 0 Å². The first-order valence-electron chi connectivity index (χ1n) is 5.25. The maximum absolute atomic E-state index is 5.88. The predicted molar refractivity (Wildman–Crippen MR) is 60.3 cm³/mol. The second kappa shape index (κ2) is 5.69. The molecule has 0 heterocycles. The van der Waals surface area contributed by atoms with Crippen LogP contribution in [0.4, 0.5) is 0 Å². The van der Waals surface area contributed by atoms with Crippen LogP contribution >= 0.6 is 0 Å². The van der Waals surface area contributed by atoms with Gasteiger partial charge in [-0.05, 0) is 30.9 Å². The monoisotopic (exact) mass is 191 g/mol. The summed E-state index contributed by atoms with van der Waals surface area (Å²) < 4.78 is 5.88. The number of hydrogen-bond acceptors (Lipinski definition) is 1. The van der Waals surface area contributed by atoms with Gasteiger partial charge in [0.2, 0.25) is 0 Å². The van der Waals surface area contributed by atoms with Crippen molar-refractivity contribution in [3.8, 4) is 5.75 Å². The molecular weight excluding hydrogens is 172 g/mol. The normalized spacial score (nSPS) is 12.9. The summed E-state index contributed by atoms with van der Waals surface area (Å²) in [5.41, 5.74) is 0. The Morgan fingerprint density at radius 1 is 1.21 bits per heavy atom. The second-order valence-corrected chi connectivity index (χ2v) is 3.86. The molecule has 1 aromatic rings. The summed E-state index contributed by atoms with van der Waals surface area (Å²) >= 11 is 0. The van der Waals surface area contributed by atoms with Crippen molar-refractivity contribution in [1.29, 1.82) is 0 Å². The zero-order valence-corrected chi connectivity index (χ0v) is 9.07. The third-order valence-electron chi connectivity index (χ3n) is 2.26. The highest BCUT2D eigenvalue weighted by atomic mass is 16.5. The molecule has 0 saturated carbocycles. The standard InChI is InChI=1S/C13H19O/c1-4-8-13(11(2)3)14-12-9-6-5-7-10-12/h5-7,9-11,13H,1,4,8H2,2-3H3. The third kappa shape index (κ3) is 3.41. The molecule has 0 N–H and O–H groups in total. The topological polar surface area (TPSA) is 9.23 Å². The van der Waals surface area contributed by atoms with Crippen LogP contribution in [-0.4, -0.2) is 6.10 Å². The number of para-hydroxylation sites is 1. The average Bonchev–Trinajstić information content (AvgIpc) is 2.18. The summed E-state index contributed by atoms with van der Waals surface area (Å²) in [6, 6.07) is 9.99. The largest absolute Gasteiger partial charge is 0.490 e. The molecule has 1 radical (unpaired) electrons. The zero-order chi connectivity index (χ0) is 10.4. The third-order valence-corrected chi connectivity index (χ3v) is 2.26. The van der Waals surface area contributed by atoms with E-state index in [9.17, 15) is 0 Å². The van der Waals surface area contributed by atoms with Crippen LogP contribution in [0.3, 0.4) is 0 Å². The fourth-order valence-electron chi connectivity index (χ4n) is 1.40. The van der Waals surface area contributed by atoms with Gasteiger partial charge in [0.15, 0.2) is 0 Å². The van der Waals surface area contributed by atoms with Crippen molar-refractivity contribution >= 4 is 0 Å². The van der Waals surface area contributed by atoms with Crippen molar-refractivity contribution in [1.82, 2.24) is 0 Å². The molecule has 0 aromatic heterocycles. The lowest BCUT2D eigenvalue weighted by atomic mass is 10.0. The van der Waals surface area contributed by atoms with E-state index in [0.717, 1.165) is 18.6 Å². The Kier molecular flexibility index (Phi) is 4.51. The molecule has 0 aliphatic heterocycles. The summed E-state index contributed by atoms with van der Waals surface area (Å²) in [6.45, 7) is 8.24. The molecule has 1 nitrogen and oxygen atoms in total. The fraction of sp³-hybridized carbons (Fsp3) is 0.462. The first-order valence-corrected chi connectivity index (χ1v) is 5.25. The lowest BCUT2D eigenvalue weighted by Gasteiger charge is -2.21. The minimum Gasteiger partial charge on any atom is -0.490 e. The van der Waals surface area contributed by atoms with Gasteiger partial charge in [-0.25, -0.2) is 0 Å². The minimum atomic E-state index is 0.287. The lowest BCUT2D eigenvalue weighted by Crippen LogP contribution is -2.22. The van der Waals surface area contributed by atoms with Crippen molar-refractivity contribution in [3.63, 3.8) is 0 Å². The molecular formula is C13H19O. The Morgan fingerprint density at radius 3 is 2.36 bits per heavy atom. The predicted octanol–water partition coefficient (Wildman–Crippen LogP) is 3.70. The summed E-state index contributed by atoms with van der Waals surface area (Å²) in [5.74, 6) is 1.50. The van der Waals surface area contributed by atoms with Crippen LogP contribution in [0.15, 0.2) is 30.3 Å². The Hall–Kier alpha value is -0.980. The van der Waals surface area contributed by atoms with Gasteiger partial charge in [-0.3, -0.25) is 0 Å². The van der Waals surface area contributed by atoms with Crippen LogP contribution in [0.2, 0.25) is 0 Å². The Bertz CT molecular complexity index is 241. The molecule has 14 heavy (non-hydrogen) atoms. The summed E-state index contributed by atoms with van der Waals surface area (Å²) in [5, 5.41) is 0. The van der Waals surface area contributed by atoms with Gasteiger partial charge in [-0.2, -0.15) is 0 Å². The number of benzene rings is 1. The zero-order valence-electron chi connectivity index (χ0n) is 9.07. The smallest absolute Gasteiger partial charge is 0.119 e. The molecule has 0 amide bonds. The van der Waals surface area contributed by atoms with E-state index in [1.807, 2.05) is 30.3 Å². The Morgan fingerprint density at radius 2 is 1.86 bits per heavy atom. The van der Waals surface area contributed by atoms with Crippen LogP contribution in [0.1, 0.15) is 26.7 Å². The number of ether oxygens (including phenoxy) is 1. The van der Waals surface area contributed by atoms with E-state index in [1.165, 1.54) is 0 Å². The van der Waals surface area contributed by atoms with Crippen LogP contribution < -0.4 is 4.74 Å². The van der Waals surface area contributed by atoms with E-state index >= 15 is 0 Å². The highest BCUT2D eigenvalue weighted by Crippen LogP contribution is 2.18. The first-order chi connectivity index (χ1) is 6.74. The van der Waals surface area contributed by atoms with Gasteiger partial charge in [0.1, 0.15) is 11.9 Å². The van der Waals surface area contributed by atoms with Gasteiger partial charge >= 0.3 is 0 Å². The first kappa shape index (κ1) is 11.1. The maximum atomic E-state index is 5.88. The highest BCUT2D eigenvalue weighted by molar-refractivity contribution is 5.21. The number of rotatable bonds is 5. The van der Waals surface area contributed by atoms with Crippen molar-refractivity contribution in [3.05, 3.63) is 37.3 Å². The van der Waals surface area contributed by atoms with E-state index in [1.54, 1.807) is 0 Å². The van der Waals surface area contributed by atoms with E-state index < -0.39 is 0 Å². The van der Waals surface area contributed by atoms with Gasteiger partial charge in [0.25, 0.3) is 0 Å². The van der Waals surface area contributed by atoms with Gasteiger partial charge in [0.05, 0.1) is 0 Å². The molecule has 77 valence electrons. The van der Waals surface area contributed by atoms with Gasteiger partial charge < -0.3 is 4.74 Å². The van der Waals surface area contributed by atoms with Crippen LogP contribution in [0.25, 0.3) is 0 Å². The molecule has 0 bridgehead atoms. The Balaban J connectivity index is 2.55. The quantitative estimate of drug-likeness (QED) is 0.689. The van der Waals surface area contributed by atoms with Crippen molar-refractivity contribution < 1.29 is 4.74 Å². The molecule has 0 spiro atoms. The van der Waals surface area contributed by atoms with Crippen molar-refractivity contribution in [2.75, 3.05) is 0 Å². The van der Waals surface area contributed by atoms with Crippen LogP contribution in [0.5, 0.6) is 5.75 Å². The number of hydrogen-bond donors (Lipinski definition) is 0. The molecule has 1 aromatic carbocycles. The molecule has 1 unspecified atom stereocenters. The van der Waals surface area contributed by atoms with Gasteiger partial charge in [0, 0.05) is 0 Å². The lowest BCUT2D eigenvalue weighted by molar-refractivity contribution is 0.143. The van der Waals surface area contributed by atoms with Crippen molar-refractivity contribution in [2.45, 2.75) is 32.8 Å². The molecule has 0 saturated heterocycles. The second-order valence-electron chi connectivity index (χ2n) is 3.86. The summed E-state index contributed by atoms with van der Waals surface area (Å²) in [7, 11) is 0. The van der Waals surface area contributed by atoms with Crippen LogP contribution in [0, 0.1) is 12.8 Å². The van der Waals surface area contributed by atoms with E-state index in [2.05, 4.69) is 20.8 Å². The molecule has 1 atom stereocenters. The Labute approximate surface area is 87.1 Å². The van der Waals surface area contributed by atoms with Gasteiger partial charge in [-0.1, -0.05) is 39.0 Å². The molecule has 1 rings (SSSR count). The molecule has 0 aliphatic rings. The summed E-state index contributed by atoms with van der Waals surface area (Å²) in [4.78, 5) is 0. The van der Waals surface area contributed by atoms with E-state index in [4.69, 9.17) is 4.74 Å². The summed E-state index contributed by atoms with van der Waals surface area (Å²) in [6.07, 6.45) is 2.23. The maximum Gasteiger partial charge on any atom is 0.119 e. The fourth-order valence-corrected chi connectivity index (χ4v) is 1.40. The molecule has 1 heteroatoms. The van der Waals surface area contributed by atoms with Gasteiger partial charge in [-0.15, -0.1) is 0 Å². The molecule has 0 fully saturated rings. The molecule has 0 aliphatic carbocycles.